The Labute approximate surface area is 54.1 Å². The average Bonchev–Trinajstić information content (AvgIpc) is 1.60. The molecule has 0 bridgehead atoms. The Hall–Kier alpha value is -0.570. The lowest BCUT2D eigenvalue weighted by Crippen LogP contribution is -2.51. The molecular formula is C6H11NO2. The highest BCUT2D eigenvalue weighted by molar-refractivity contribution is 5.67. The number of hydrogen-bond donors (Lipinski definition) is 2. The van der Waals surface area contributed by atoms with Crippen molar-refractivity contribution in [1.29, 1.82) is 0 Å². The second-order valence-corrected chi connectivity index (χ2v) is 2.60. The summed E-state index contributed by atoms with van der Waals surface area (Å²) in [5, 5.41) is 11.4. The zero-order valence-electron chi connectivity index (χ0n) is 5.42. The normalized spacial score (nSPS) is 33.4. The highest BCUT2D eigenvalue weighted by Crippen LogP contribution is 2.13. The smallest absolute Gasteiger partial charge is 0.304 e. The van der Waals surface area contributed by atoms with Crippen LogP contribution in [0.2, 0.25) is 0 Å². The van der Waals surface area contributed by atoms with Crippen LogP contribution in [0.1, 0.15) is 19.8 Å². The first kappa shape index (κ1) is 6.55. The van der Waals surface area contributed by atoms with Gasteiger partial charge in [-0.15, -0.1) is 0 Å². The van der Waals surface area contributed by atoms with E-state index in [-0.39, 0.29) is 12.5 Å². The Bertz CT molecular complexity index is 118. The van der Waals surface area contributed by atoms with Gasteiger partial charge in [0, 0.05) is 12.1 Å². The summed E-state index contributed by atoms with van der Waals surface area (Å²) in [6, 6.07) is 0.756. The number of carboxylic acid groups (broad SMARTS) is 1. The van der Waals surface area contributed by atoms with Crippen LogP contribution >= 0.6 is 0 Å². The molecule has 0 radical (unpaired) electrons. The van der Waals surface area contributed by atoms with E-state index in [0.717, 1.165) is 6.42 Å². The van der Waals surface area contributed by atoms with E-state index in [9.17, 15) is 4.79 Å². The fourth-order valence-electron chi connectivity index (χ4n) is 1.16. The minimum Gasteiger partial charge on any atom is -0.481 e. The van der Waals surface area contributed by atoms with Gasteiger partial charge in [-0.25, -0.2) is 0 Å². The van der Waals surface area contributed by atoms with Gasteiger partial charge in [-0.05, 0) is 13.3 Å². The highest BCUT2D eigenvalue weighted by Gasteiger charge is 2.25. The molecule has 0 aromatic heterocycles. The Morgan fingerprint density at radius 3 is 2.78 bits per heavy atom. The van der Waals surface area contributed by atoms with Gasteiger partial charge in [0.25, 0.3) is 0 Å². The van der Waals surface area contributed by atoms with Crippen molar-refractivity contribution in [1.82, 2.24) is 5.32 Å². The first-order chi connectivity index (χ1) is 4.18. The molecule has 9 heavy (non-hydrogen) atoms. The van der Waals surface area contributed by atoms with Gasteiger partial charge in [0.1, 0.15) is 0 Å². The fourth-order valence-corrected chi connectivity index (χ4v) is 1.16. The zero-order valence-corrected chi connectivity index (χ0v) is 5.42. The summed E-state index contributed by atoms with van der Waals surface area (Å²) in [6.45, 7) is 2.05. The lowest BCUT2D eigenvalue weighted by atomic mass is 9.96. The number of carboxylic acids is 1. The van der Waals surface area contributed by atoms with Gasteiger partial charge < -0.3 is 10.4 Å². The Morgan fingerprint density at radius 1 is 1.89 bits per heavy atom. The number of carbonyl (C=O) groups is 1. The van der Waals surface area contributed by atoms with Crippen molar-refractivity contribution in [2.24, 2.45) is 0 Å². The third-order valence-corrected chi connectivity index (χ3v) is 1.58. The second-order valence-electron chi connectivity index (χ2n) is 2.60. The third-order valence-electron chi connectivity index (χ3n) is 1.58. The lowest BCUT2D eigenvalue weighted by Gasteiger charge is -2.33. The van der Waals surface area contributed by atoms with Crippen LogP contribution in [-0.2, 0) is 4.79 Å². The molecule has 1 fully saturated rings. The average molecular weight is 129 g/mol. The minimum absolute atomic E-state index is 0.234. The molecular weight excluding hydrogens is 118 g/mol. The number of hydrogen-bond acceptors (Lipinski definition) is 2. The minimum atomic E-state index is -0.709. The summed E-state index contributed by atoms with van der Waals surface area (Å²) in [5.41, 5.74) is 0. The summed E-state index contributed by atoms with van der Waals surface area (Å²) >= 11 is 0. The summed E-state index contributed by atoms with van der Waals surface area (Å²) in [6.07, 6.45) is 1.27. The lowest BCUT2D eigenvalue weighted by molar-refractivity contribution is -0.138. The first-order valence-electron chi connectivity index (χ1n) is 3.16. The van der Waals surface area contributed by atoms with Crippen molar-refractivity contribution in [2.75, 3.05) is 0 Å². The maximum absolute atomic E-state index is 10.1. The number of aliphatic carboxylic acids is 1. The highest BCUT2D eigenvalue weighted by atomic mass is 16.4. The first-order valence-corrected chi connectivity index (χ1v) is 3.16. The molecule has 2 unspecified atom stereocenters. The molecule has 0 aromatic carbocycles. The molecule has 0 amide bonds. The monoisotopic (exact) mass is 129 g/mol. The van der Waals surface area contributed by atoms with E-state index < -0.39 is 5.97 Å². The van der Waals surface area contributed by atoms with Crippen molar-refractivity contribution < 1.29 is 9.90 Å². The van der Waals surface area contributed by atoms with Gasteiger partial charge in [0.15, 0.2) is 0 Å². The fraction of sp³-hybridized carbons (Fsp3) is 0.833. The van der Waals surface area contributed by atoms with E-state index in [1.165, 1.54) is 0 Å². The Kier molecular flexibility index (Phi) is 1.71. The molecule has 0 spiro atoms. The van der Waals surface area contributed by atoms with Crippen LogP contribution in [0.25, 0.3) is 0 Å². The molecule has 1 rings (SSSR count). The van der Waals surface area contributed by atoms with Crippen LogP contribution in [0, 0.1) is 0 Å². The number of rotatable bonds is 2. The van der Waals surface area contributed by atoms with Gasteiger partial charge in [-0.3, -0.25) is 4.79 Å². The Morgan fingerprint density at radius 2 is 2.44 bits per heavy atom. The van der Waals surface area contributed by atoms with Crippen LogP contribution < -0.4 is 5.32 Å². The molecule has 0 aliphatic carbocycles. The predicted molar refractivity (Wildman–Crippen MR) is 33.3 cm³/mol. The topological polar surface area (TPSA) is 49.3 Å². The molecule has 1 aliphatic heterocycles. The largest absolute Gasteiger partial charge is 0.481 e. The standard InChI is InChI=1S/C6H11NO2/c1-4-2-5(7-4)3-6(8)9/h4-5,7H,2-3H2,1H3,(H,8,9). The molecule has 2 N–H and O–H groups in total. The van der Waals surface area contributed by atoms with Gasteiger partial charge in [0.2, 0.25) is 0 Å². The third kappa shape index (κ3) is 1.68. The van der Waals surface area contributed by atoms with E-state index in [4.69, 9.17) is 5.11 Å². The van der Waals surface area contributed by atoms with Crippen molar-refractivity contribution >= 4 is 5.97 Å². The van der Waals surface area contributed by atoms with Crippen molar-refractivity contribution in [3.63, 3.8) is 0 Å². The van der Waals surface area contributed by atoms with E-state index in [0.29, 0.717) is 6.04 Å². The second kappa shape index (κ2) is 2.35. The maximum atomic E-state index is 10.1. The molecule has 0 saturated carbocycles. The van der Waals surface area contributed by atoms with Crippen LogP contribution in [0.5, 0.6) is 0 Å². The van der Waals surface area contributed by atoms with Gasteiger partial charge >= 0.3 is 5.97 Å². The van der Waals surface area contributed by atoms with Crippen LogP contribution in [0.3, 0.4) is 0 Å². The molecule has 52 valence electrons. The molecule has 1 saturated heterocycles. The quantitative estimate of drug-likeness (QED) is 0.560. The zero-order chi connectivity index (χ0) is 6.85. The number of nitrogens with one attached hydrogen (secondary N) is 1. The van der Waals surface area contributed by atoms with Crippen molar-refractivity contribution in [2.45, 2.75) is 31.8 Å². The molecule has 1 heterocycles. The van der Waals surface area contributed by atoms with Crippen molar-refractivity contribution in [3.05, 3.63) is 0 Å². The molecule has 3 nitrogen and oxygen atoms in total. The van der Waals surface area contributed by atoms with Gasteiger partial charge in [-0.1, -0.05) is 0 Å². The Balaban J connectivity index is 2.11. The van der Waals surface area contributed by atoms with Gasteiger partial charge in [0.05, 0.1) is 6.42 Å². The molecule has 3 heteroatoms. The summed E-state index contributed by atoms with van der Waals surface area (Å²) in [7, 11) is 0. The summed E-state index contributed by atoms with van der Waals surface area (Å²) in [4.78, 5) is 10.1. The maximum Gasteiger partial charge on any atom is 0.304 e. The van der Waals surface area contributed by atoms with Crippen molar-refractivity contribution in [3.8, 4) is 0 Å². The van der Waals surface area contributed by atoms with E-state index in [2.05, 4.69) is 12.2 Å². The van der Waals surface area contributed by atoms with E-state index in [1.54, 1.807) is 0 Å². The molecule has 0 aromatic rings. The molecule has 1 aliphatic rings. The predicted octanol–water partition coefficient (Wildman–Crippen LogP) is 0.212. The van der Waals surface area contributed by atoms with Gasteiger partial charge in [-0.2, -0.15) is 0 Å². The summed E-state index contributed by atoms with van der Waals surface area (Å²) in [5.74, 6) is -0.709. The van der Waals surface area contributed by atoms with E-state index >= 15 is 0 Å². The van der Waals surface area contributed by atoms with Crippen LogP contribution in [-0.4, -0.2) is 23.2 Å². The van der Waals surface area contributed by atoms with Crippen LogP contribution in [0.15, 0.2) is 0 Å². The van der Waals surface area contributed by atoms with Crippen LogP contribution in [0.4, 0.5) is 0 Å². The summed E-state index contributed by atoms with van der Waals surface area (Å²) < 4.78 is 0. The van der Waals surface area contributed by atoms with E-state index in [1.807, 2.05) is 0 Å². The SMILES string of the molecule is CC1CC(CC(=O)O)N1. The molecule has 2 atom stereocenters.